The third kappa shape index (κ3) is 5.91. The third-order valence-corrected chi connectivity index (χ3v) is 5.80. The Bertz CT molecular complexity index is 823. The van der Waals surface area contributed by atoms with Crippen molar-refractivity contribution in [3.05, 3.63) is 64.7 Å². The minimum atomic E-state index is -0.290. The summed E-state index contributed by atoms with van der Waals surface area (Å²) in [5.74, 6) is 2.18. The zero-order chi connectivity index (χ0) is 19.9. The number of thioether (sulfide) groups is 1. The fourth-order valence-corrected chi connectivity index (χ4v) is 4.13. The topological polar surface area (TPSA) is 61.4 Å². The number of rotatable bonds is 5. The number of carbonyl (C=O) groups is 2. The van der Waals surface area contributed by atoms with Crippen LogP contribution < -0.4 is 10.6 Å². The first-order chi connectivity index (χ1) is 13.5. The molecule has 3 rings (SSSR count). The van der Waals surface area contributed by atoms with E-state index < -0.39 is 0 Å². The smallest absolute Gasteiger partial charge is 0.319 e. The van der Waals surface area contributed by atoms with Crippen molar-refractivity contribution in [3.63, 3.8) is 0 Å². The molecule has 5 nitrogen and oxygen atoms in total. The molecule has 1 aliphatic heterocycles. The highest BCUT2D eigenvalue weighted by atomic mass is 35.5. The molecule has 0 radical (unpaired) electrons. The number of amides is 3. The van der Waals surface area contributed by atoms with Gasteiger partial charge in [0.1, 0.15) is 0 Å². The number of urea groups is 1. The van der Waals surface area contributed by atoms with Gasteiger partial charge in [0.2, 0.25) is 5.91 Å². The molecule has 2 N–H and O–H groups in total. The highest BCUT2D eigenvalue weighted by Gasteiger charge is 2.17. The zero-order valence-electron chi connectivity index (χ0n) is 15.8. The van der Waals surface area contributed by atoms with E-state index in [9.17, 15) is 9.59 Å². The van der Waals surface area contributed by atoms with Crippen molar-refractivity contribution in [1.29, 1.82) is 0 Å². The lowest BCUT2D eigenvalue weighted by Crippen LogP contribution is -2.38. The van der Waals surface area contributed by atoms with E-state index in [2.05, 4.69) is 10.6 Å². The third-order valence-electron chi connectivity index (χ3n) is 4.63. The van der Waals surface area contributed by atoms with Gasteiger partial charge < -0.3 is 15.5 Å². The van der Waals surface area contributed by atoms with E-state index in [0.717, 1.165) is 35.7 Å². The minimum absolute atomic E-state index is 0.161. The summed E-state index contributed by atoms with van der Waals surface area (Å²) in [6, 6.07) is 14.4. The van der Waals surface area contributed by atoms with Gasteiger partial charge in [0, 0.05) is 35.3 Å². The van der Waals surface area contributed by atoms with E-state index in [4.69, 9.17) is 11.6 Å². The fourth-order valence-electron chi connectivity index (χ4n) is 3.03. The van der Waals surface area contributed by atoms with E-state index >= 15 is 0 Å². The Kier molecular flexibility index (Phi) is 7.23. The standard InChI is InChI=1S/C21H24ClN3O2S/c1-15(17-3-2-4-18(22)14-17)23-21(27)24-19-7-5-16(6-8-19)13-20(26)25-9-11-28-12-10-25/h2-8,14-15H,9-13H2,1H3,(H2,23,24,27). The van der Waals surface area contributed by atoms with Crippen LogP contribution in [0.5, 0.6) is 0 Å². The summed E-state index contributed by atoms with van der Waals surface area (Å²) in [4.78, 5) is 26.5. The fraction of sp³-hybridized carbons (Fsp3) is 0.333. The van der Waals surface area contributed by atoms with E-state index in [1.807, 2.05) is 66.1 Å². The number of anilines is 1. The van der Waals surface area contributed by atoms with Gasteiger partial charge in [0.05, 0.1) is 12.5 Å². The van der Waals surface area contributed by atoms with Gasteiger partial charge in [-0.3, -0.25) is 4.79 Å². The van der Waals surface area contributed by atoms with Crippen LogP contribution in [0.15, 0.2) is 48.5 Å². The molecule has 7 heteroatoms. The lowest BCUT2D eigenvalue weighted by atomic mass is 10.1. The molecule has 1 saturated heterocycles. The van der Waals surface area contributed by atoms with Crippen molar-refractivity contribution in [2.75, 3.05) is 29.9 Å². The van der Waals surface area contributed by atoms with Crippen LogP contribution >= 0.6 is 23.4 Å². The molecule has 0 saturated carbocycles. The van der Waals surface area contributed by atoms with Gasteiger partial charge in [-0.15, -0.1) is 0 Å². The molecule has 0 aromatic heterocycles. The predicted molar refractivity (Wildman–Crippen MR) is 116 cm³/mol. The number of hydrogen-bond acceptors (Lipinski definition) is 3. The molecule has 0 spiro atoms. The van der Waals surface area contributed by atoms with E-state index in [0.29, 0.717) is 17.1 Å². The summed E-state index contributed by atoms with van der Waals surface area (Å²) >= 11 is 7.89. The molecule has 0 aliphatic carbocycles. The Balaban J connectivity index is 1.50. The Labute approximate surface area is 174 Å². The van der Waals surface area contributed by atoms with Crippen molar-refractivity contribution in [3.8, 4) is 0 Å². The molecule has 1 heterocycles. The molecule has 28 heavy (non-hydrogen) atoms. The van der Waals surface area contributed by atoms with E-state index in [1.54, 1.807) is 6.07 Å². The van der Waals surface area contributed by atoms with Gasteiger partial charge in [0.25, 0.3) is 0 Å². The van der Waals surface area contributed by atoms with Crippen molar-refractivity contribution in [2.45, 2.75) is 19.4 Å². The Morgan fingerprint density at radius 3 is 2.54 bits per heavy atom. The van der Waals surface area contributed by atoms with Crippen molar-refractivity contribution < 1.29 is 9.59 Å². The maximum Gasteiger partial charge on any atom is 0.319 e. The Morgan fingerprint density at radius 2 is 1.86 bits per heavy atom. The summed E-state index contributed by atoms with van der Waals surface area (Å²) in [5, 5.41) is 6.35. The number of hydrogen-bond donors (Lipinski definition) is 2. The first-order valence-electron chi connectivity index (χ1n) is 9.29. The first-order valence-corrected chi connectivity index (χ1v) is 10.8. The van der Waals surface area contributed by atoms with Crippen LogP contribution in [0.25, 0.3) is 0 Å². The molecule has 2 aromatic carbocycles. The van der Waals surface area contributed by atoms with Gasteiger partial charge in [-0.1, -0.05) is 35.9 Å². The first kappa shape index (κ1) is 20.6. The van der Waals surface area contributed by atoms with Crippen LogP contribution in [0.3, 0.4) is 0 Å². The van der Waals surface area contributed by atoms with Crippen LogP contribution in [0.2, 0.25) is 5.02 Å². The van der Waals surface area contributed by atoms with Gasteiger partial charge in [-0.25, -0.2) is 4.79 Å². The summed E-state index contributed by atoms with van der Waals surface area (Å²) in [7, 11) is 0. The molecular formula is C21H24ClN3O2S. The lowest BCUT2D eigenvalue weighted by molar-refractivity contribution is -0.130. The van der Waals surface area contributed by atoms with E-state index in [-0.39, 0.29) is 18.0 Å². The molecule has 1 unspecified atom stereocenters. The second-order valence-corrected chi connectivity index (χ2v) is 8.40. The number of carbonyl (C=O) groups excluding carboxylic acids is 2. The SMILES string of the molecule is CC(NC(=O)Nc1ccc(CC(=O)N2CCSCC2)cc1)c1cccc(Cl)c1. The highest BCUT2D eigenvalue weighted by Crippen LogP contribution is 2.18. The van der Waals surface area contributed by atoms with Crippen LogP contribution in [0, 0.1) is 0 Å². The maximum absolute atomic E-state index is 12.3. The molecule has 0 bridgehead atoms. The average molecular weight is 418 g/mol. The van der Waals surface area contributed by atoms with Gasteiger partial charge in [-0.05, 0) is 42.3 Å². The summed E-state index contributed by atoms with van der Waals surface area (Å²) in [6.45, 7) is 3.56. The Hall–Kier alpha value is -2.18. The quantitative estimate of drug-likeness (QED) is 0.760. The molecule has 148 valence electrons. The summed E-state index contributed by atoms with van der Waals surface area (Å²) in [6.07, 6.45) is 0.392. The molecule has 1 fully saturated rings. The summed E-state index contributed by atoms with van der Waals surface area (Å²) in [5.41, 5.74) is 2.57. The van der Waals surface area contributed by atoms with E-state index in [1.165, 1.54) is 0 Å². The molecule has 1 atom stereocenters. The normalized spacial score (nSPS) is 15.0. The average Bonchev–Trinajstić information content (AvgIpc) is 2.70. The van der Waals surface area contributed by atoms with Gasteiger partial charge >= 0.3 is 6.03 Å². The molecule has 3 amide bonds. The van der Waals surface area contributed by atoms with Gasteiger partial charge in [0.15, 0.2) is 0 Å². The number of benzene rings is 2. The molecule has 1 aliphatic rings. The van der Waals surface area contributed by atoms with Crippen LogP contribution in [-0.2, 0) is 11.2 Å². The summed E-state index contributed by atoms with van der Waals surface area (Å²) < 4.78 is 0. The highest BCUT2D eigenvalue weighted by molar-refractivity contribution is 7.99. The van der Waals surface area contributed by atoms with Crippen LogP contribution in [0.1, 0.15) is 24.1 Å². The lowest BCUT2D eigenvalue weighted by Gasteiger charge is -2.26. The minimum Gasteiger partial charge on any atom is -0.341 e. The van der Waals surface area contributed by atoms with Crippen molar-refractivity contribution >= 4 is 41.0 Å². The van der Waals surface area contributed by atoms with Crippen molar-refractivity contribution in [1.82, 2.24) is 10.2 Å². The van der Waals surface area contributed by atoms with Crippen LogP contribution in [-0.4, -0.2) is 41.4 Å². The number of halogens is 1. The number of nitrogens with one attached hydrogen (secondary N) is 2. The largest absolute Gasteiger partial charge is 0.341 e. The van der Waals surface area contributed by atoms with Crippen LogP contribution in [0.4, 0.5) is 10.5 Å². The second-order valence-electron chi connectivity index (χ2n) is 6.74. The predicted octanol–water partition coefficient (Wildman–Crippen LogP) is 4.34. The van der Waals surface area contributed by atoms with Gasteiger partial charge in [-0.2, -0.15) is 11.8 Å². The molecular weight excluding hydrogens is 394 g/mol. The van der Waals surface area contributed by atoms with Crippen molar-refractivity contribution in [2.24, 2.45) is 0 Å². The monoisotopic (exact) mass is 417 g/mol. The number of nitrogens with zero attached hydrogens (tertiary/aromatic N) is 1. The Morgan fingerprint density at radius 1 is 1.14 bits per heavy atom. The maximum atomic E-state index is 12.3. The zero-order valence-corrected chi connectivity index (χ0v) is 17.4. The second kappa shape index (κ2) is 9.85. The molecule has 2 aromatic rings.